The number of carbonyl (C=O) groups is 1. The summed E-state index contributed by atoms with van der Waals surface area (Å²) in [6.07, 6.45) is -2.93. The molecule has 1 fully saturated rings. The summed E-state index contributed by atoms with van der Waals surface area (Å²) < 4.78 is 45.0. The molecule has 2 aromatic rings. The summed E-state index contributed by atoms with van der Waals surface area (Å²) in [7, 11) is 0. The van der Waals surface area contributed by atoms with E-state index in [0.717, 1.165) is 18.6 Å². The van der Waals surface area contributed by atoms with E-state index in [2.05, 4.69) is 15.3 Å². The van der Waals surface area contributed by atoms with Crippen LogP contribution in [0.25, 0.3) is 11.4 Å². The molecule has 11 heteroatoms. The summed E-state index contributed by atoms with van der Waals surface area (Å²) in [6.45, 7) is 6.60. The van der Waals surface area contributed by atoms with Crippen LogP contribution in [0.4, 0.5) is 23.8 Å². The van der Waals surface area contributed by atoms with E-state index in [1.165, 1.54) is 12.3 Å². The Kier molecular flexibility index (Phi) is 7.38. The first-order valence-corrected chi connectivity index (χ1v) is 10.8. The Balaban J connectivity index is 1.77. The second kappa shape index (κ2) is 9.72. The van der Waals surface area contributed by atoms with Crippen LogP contribution < -0.4 is 10.2 Å². The largest absolute Gasteiger partial charge is 0.444 e. The van der Waals surface area contributed by atoms with Crippen molar-refractivity contribution in [1.82, 2.24) is 15.3 Å². The van der Waals surface area contributed by atoms with E-state index >= 15 is 0 Å². The van der Waals surface area contributed by atoms with Gasteiger partial charge in [0.1, 0.15) is 11.4 Å². The van der Waals surface area contributed by atoms with Crippen molar-refractivity contribution in [2.45, 2.75) is 45.6 Å². The highest BCUT2D eigenvalue weighted by Gasteiger charge is 2.34. The number of halogens is 4. The Morgan fingerprint density at radius 1 is 1.33 bits per heavy atom. The molecule has 7 nitrogen and oxygen atoms in total. The second-order valence-electron chi connectivity index (χ2n) is 8.88. The van der Waals surface area contributed by atoms with Gasteiger partial charge in [0.25, 0.3) is 0 Å². The number of aromatic nitrogens is 2. The second-order valence-corrected chi connectivity index (χ2v) is 9.28. The summed E-state index contributed by atoms with van der Waals surface area (Å²) in [4.78, 5) is 22.4. The van der Waals surface area contributed by atoms with Crippen LogP contribution in [0, 0.1) is 5.92 Å². The lowest BCUT2D eigenvalue weighted by Crippen LogP contribution is -2.36. The third-order valence-electron chi connectivity index (χ3n) is 5.06. The van der Waals surface area contributed by atoms with Gasteiger partial charge in [0.15, 0.2) is 5.82 Å². The van der Waals surface area contributed by atoms with Crippen molar-refractivity contribution in [3.05, 3.63) is 40.5 Å². The molecule has 33 heavy (non-hydrogen) atoms. The van der Waals surface area contributed by atoms with Gasteiger partial charge in [0.05, 0.1) is 17.2 Å². The minimum Gasteiger partial charge on any atom is -0.444 e. The molecule has 0 bridgehead atoms. The number of benzene rings is 1. The highest BCUT2D eigenvalue weighted by molar-refractivity contribution is 6.31. The SMILES string of the molecule is CC(C)(C)OC(=O)NCC1CCN(c2nc(-c3ccc(Cl)c(C(F)(F)F)c3)ncc2CO)C1. The molecule has 1 aliphatic heterocycles. The number of nitrogens with zero attached hydrogens (tertiary/aromatic N) is 3. The van der Waals surface area contributed by atoms with Crippen LogP contribution >= 0.6 is 11.6 Å². The number of hydrogen-bond acceptors (Lipinski definition) is 6. The van der Waals surface area contributed by atoms with Crippen molar-refractivity contribution in [2.24, 2.45) is 5.92 Å². The topological polar surface area (TPSA) is 87.6 Å². The van der Waals surface area contributed by atoms with E-state index in [1.807, 2.05) is 4.90 Å². The fourth-order valence-electron chi connectivity index (χ4n) is 3.54. The standard InChI is InChI=1S/C22H26ClF3N4O3/c1-21(2,3)33-20(32)28-9-13-6-7-30(11-13)19-15(12-31)10-27-18(29-19)14-4-5-17(23)16(8-14)22(24,25)26/h4-5,8,10,13,31H,6-7,9,11-12H2,1-3H3,(H,28,32). The van der Waals surface area contributed by atoms with Crippen molar-refractivity contribution >= 4 is 23.5 Å². The highest BCUT2D eigenvalue weighted by atomic mass is 35.5. The van der Waals surface area contributed by atoms with Gasteiger partial charge in [0, 0.05) is 37.0 Å². The molecule has 0 spiro atoms. The molecule has 1 saturated heterocycles. The number of rotatable bonds is 5. The van der Waals surface area contributed by atoms with Gasteiger partial charge in [-0.25, -0.2) is 14.8 Å². The van der Waals surface area contributed by atoms with Gasteiger partial charge in [-0.1, -0.05) is 11.6 Å². The Morgan fingerprint density at radius 3 is 2.70 bits per heavy atom. The Bertz CT molecular complexity index is 1010. The van der Waals surface area contributed by atoms with E-state index in [9.17, 15) is 23.1 Å². The summed E-state index contributed by atoms with van der Waals surface area (Å²) in [6, 6.07) is 3.50. The predicted molar refractivity (Wildman–Crippen MR) is 118 cm³/mol. The first kappa shape index (κ1) is 25.0. The van der Waals surface area contributed by atoms with E-state index in [1.54, 1.807) is 20.8 Å². The lowest BCUT2D eigenvalue weighted by Gasteiger charge is -2.22. The molecule has 1 atom stereocenters. The van der Waals surface area contributed by atoms with E-state index in [-0.39, 0.29) is 23.9 Å². The fourth-order valence-corrected chi connectivity index (χ4v) is 3.76. The summed E-state index contributed by atoms with van der Waals surface area (Å²) in [5.74, 6) is 0.667. The van der Waals surface area contributed by atoms with Gasteiger partial charge >= 0.3 is 12.3 Å². The zero-order valence-electron chi connectivity index (χ0n) is 18.5. The summed E-state index contributed by atoms with van der Waals surface area (Å²) >= 11 is 5.71. The number of alkyl carbamates (subject to hydrolysis) is 1. The minimum absolute atomic E-state index is 0.0969. The zero-order chi connectivity index (χ0) is 24.4. The van der Waals surface area contributed by atoms with Crippen LogP contribution in [0.3, 0.4) is 0 Å². The van der Waals surface area contributed by atoms with E-state index in [4.69, 9.17) is 16.3 Å². The molecule has 3 rings (SSSR count). The maximum Gasteiger partial charge on any atom is 0.417 e. The van der Waals surface area contributed by atoms with E-state index < -0.39 is 28.5 Å². The number of carbonyl (C=O) groups excluding carboxylic acids is 1. The molecule has 0 saturated carbocycles. The van der Waals surface area contributed by atoms with E-state index in [0.29, 0.717) is 31.0 Å². The van der Waals surface area contributed by atoms with Crippen LogP contribution in [0.15, 0.2) is 24.4 Å². The minimum atomic E-state index is -4.61. The highest BCUT2D eigenvalue weighted by Crippen LogP contribution is 2.37. The van der Waals surface area contributed by atoms with Crippen molar-refractivity contribution in [3.8, 4) is 11.4 Å². The number of alkyl halides is 3. The molecule has 0 radical (unpaired) electrons. The molecule has 180 valence electrons. The van der Waals surface area contributed by atoms with Gasteiger partial charge in [-0.15, -0.1) is 0 Å². The third-order valence-corrected chi connectivity index (χ3v) is 5.39. The molecule has 1 aromatic carbocycles. The lowest BCUT2D eigenvalue weighted by molar-refractivity contribution is -0.137. The molecular weight excluding hydrogens is 461 g/mol. The Morgan fingerprint density at radius 2 is 2.06 bits per heavy atom. The van der Waals surface area contributed by atoms with Gasteiger partial charge in [0.2, 0.25) is 0 Å². The molecule has 2 heterocycles. The molecule has 1 unspecified atom stereocenters. The smallest absolute Gasteiger partial charge is 0.417 e. The quantitative estimate of drug-likeness (QED) is 0.639. The maximum absolute atomic E-state index is 13.2. The molecule has 0 aliphatic carbocycles. The predicted octanol–water partition coefficient (Wildman–Crippen LogP) is 4.66. The summed E-state index contributed by atoms with van der Waals surface area (Å²) in [5.41, 5.74) is -0.927. The van der Waals surface area contributed by atoms with Crippen LogP contribution in [0.2, 0.25) is 5.02 Å². The third kappa shape index (κ3) is 6.48. The fraction of sp³-hybridized carbons (Fsp3) is 0.500. The van der Waals surface area contributed by atoms with Crippen LogP contribution in [0.5, 0.6) is 0 Å². The first-order valence-electron chi connectivity index (χ1n) is 10.4. The average Bonchev–Trinajstić information content (AvgIpc) is 3.19. The number of anilines is 1. The van der Waals surface area contributed by atoms with Crippen molar-refractivity contribution in [2.75, 3.05) is 24.5 Å². The molecule has 1 aliphatic rings. The van der Waals surface area contributed by atoms with Crippen molar-refractivity contribution in [1.29, 1.82) is 0 Å². The average molecular weight is 487 g/mol. The Hall–Kier alpha value is -2.59. The lowest BCUT2D eigenvalue weighted by atomic mass is 10.1. The monoisotopic (exact) mass is 486 g/mol. The maximum atomic E-state index is 13.2. The molecule has 1 amide bonds. The Labute approximate surface area is 194 Å². The van der Waals surface area contributed by atoms with Crippen LogP contribution in [-0.4, -0.2) is 46.4 Å². The zero-order valence-corrected chi connectivity index (χ0v) is 19.3. The molecular formula is C22H26ClF3N4O3. The normalized spacial score (nSPS) is 16.7. The van der Waals surface area contributed by atoms with Crippen LogP contribution in [-0.2, 0) is 17.5 Å². The number of aliphatic hydroxyl groups excluding tert-OH is 1. The molecule has 2 N–H and O–H groups in total. The number of ether oxygens (including phenoxy) is 1. The van der Waals surface area contributed by atoms with Crippen molar-refractivity contribution < 1.29 is 27.8 Å². The van der Waals surface area contributed by atoms with Gasteiger partial charge in [-0.2, -0.15) is 13.2 Å². The van der Waals surface area contributed by atoms with Crippen LogP contribution in [0.1, 0.15) is 38.3 Å². The number of aliphatic hydroxyl groups is 1. The number of amides is 1. The van der Waals surface area contributed by atoms with Gasteiger partial charge in [-0.05, 0) is 51.3 Å². The molecule has 1 aromatic heterocycles. The van der Waals surface area contributed by atoms with Gasteiger partial charge in [-0.3, -0.25) is 0 Å². The number of hydrogen-bond donors (Lipinski definition) is 2. The summed E-state index contributed by atoms with van der Waals surface area (Å²) in [5, 5.41) is 12.1. The van der Waals surface area contributed by atoms with Gasteiger partial charge < -0.3 is 20.1 Å². The number of nitrogens with one attached hydrogen (secondary N) is 1. The van der Waals surface area contributed by atoms with Crippen molar-refractivity contribution in [3.63, 3.8) is 0 Å². The first-order chi connectivity index (χ1) is 15.4.